The molecule has 0 aromatic heterocycles. The minimum Gasteiger partial charge on any atom is -0.454 e. The topological polar surface area (TPSA) is 110 Å². The van der Waals surface area contributed by atoms with E-state index >= 15 is 0 Å². The van der Waals surface area contributed by atoms with Gasteiger partial charge in [0.25, 0.3) is 0 Å². The van der Waals surface area contributed by atoms with Crippen molar-refractivity contribution < 1.29 is 27.5 Å². The Morgan fingerprint density at radius 3 is 2.31 bits per heavy atom. The first-order valence-corrected chi connectivity index (χ1v) is 10.2. The smallest absolute Gasteiger partial charge is 0.338 e. The fraction of sp³-hybridized carbons (Fsp3) is 0.250. The lowest BCUT2D eigenvalue weighted by atomic mass is 9.99. The van der Waals surface area contributed by atoms with Crippen molar-refractivity contribution in [2.75, 3.05) is 26.0 Å². The van der Waals surface area contributed by atoms with E-state index in [0.29, 0.717) is 11.3 Å². The maximum Gasteiger partial charge on any atom is 0.338 e. The quantitative estimate of drug-likeness (QED) is 0.570. The van der Waals surface area contributed by atoms with Gasteiger partial charge in [-0.25, -0.2) is 17.5 Å². The van der Waals surface area contributed by atoms with Gasteiger partial charge in [-0.1, -0.05) is 0 Å². The van der Waals surface area contributed by atoms with Gasteiger partial charge in [0.2, 0.25) is 15.9 Å². The molecule has 0 fully saturated rings. The predicted octanol–water partition coefficient (Wildman–Crippen LogP) is 2.03. The van der Waals surface area contributed by atoms with Crippen molar-refractivity contribution in [3.05, 3.63) is 59.2 Å². The van der Waals surface area contributed by atoms with Crippen LogP contribution in [0.2, 0.25) is 0 Å². The molecule has 0 spiro atoms. The number of rotatable bonds is 6. The maximum absolute atomic E-state index is 12.4. The van der Waals surface area contributed by atoms with Crippen LogP contribution in [0.1, 0.15) is 39.1 Å². The molecule has 0 saturated carbocycles. The fourth-order valence-corrected chi connectivity index (χ4v) is 3.76. The van der Waals surface area contributed by atoms with Crippen molar-refractivity contribution in [2.45, 2.75) is 17.7 Å². The number of Topliss-reactive ketones (excluding diaryl/α,β-unsaturated/α-hetero) is 1. The van der Waals surface area contributed by atoms with Crippen molar-refractivity contribution in [1.29, 1.82) is 0 Å². The molecule has 0 bridgehead atoms. The van der Waals surface area contributed by atoms with Crippen molar-refractivity contribution in [3.8, 4) is 0 Å². The Kier molecular flexibility index (Phi) is 5.54. The van der Waals surface area contributed by atoms with Gasteiger partial charge in [-0.15, -0.1) is 0 Å². The third kappa shape index (κ3) is 4.06. The third-order valence-corrected chi connectivity index (χ3v) is 6.52. The average Bonchev–Trinajstić information content (AvgIpc) is 2.99. The number of hydrogen-bond donors (Lipinski definition) is 1. The summed E-state index contributed by atoms with van der Waals surface area (Å²) in [6.45, 7) is 1.28. The van der Waals surface area contributed by atoms with E-state index in [1.54, 1.807) is 25.1 Å². The summed E-state index contributed by atoms with van der Waals surface area (Å²) < 4.78 is 30.2. The van der Waals surface area contributed by atoms with Crippen LogP contribution in [0, 0.1) is 0 Å². The van der Waals surface area contributed by atoms with E-state index in [4.69, 9.17) is 4.74 Å². The first-order chi connectivity index (χ1) is 13.6. The number of fused-ring (bicyclic) bond motifs is 1. The molecule has 1 aliphatic rings. The summed E-state index contributed by atoms with van der Waals surface area (Å²) in [6, 6.07) is 10.1. The molecule has 1 atom stereocenters. The molecule has 8 nitrogen and oxygen atoms in total. The van der Waals surface area contributed by atoms with Gasteiger partial charge >= 0.3 is 5.97 Å². The minimum atomic E-state index is -3.60. The molecule has 0 unspecified atom stereocenters. The molecular formula is C20H20N2O6S. The number of carbonyl (C=O) groups excluding carboxylic acids is 3. The molecule has 1 N–H and O–H groups in total. The first kappa shape index (κ1) is 20.7. The minimum absolute atomic E-state index is 0.0468. The van der Waals surface area contributed by atoms with E-state index in [1.807, 2.05) is 0 Å². The van der Waals surface area contributed by atoms with Crippen LogP contribution in [0.3, 0.4) is 0 Å². The van der Waals surface area contributed by atoms with E-state index in [1.165, 1.54) is 38.4 Å². The normalized spacial score (nSPS) is 15.7. The van der Waals surface area contributed by atoms with Crippen LogP contribution in [0.15, 0.2) is 47.4 Å². The zero-order valence-corrected chi connectivity index (χ0v) is 16.9. The van der Waals surface area contributed by atoms with Crippen molar-refractivity contribution >= 4 is 33.4 Å². The van der Waals surface area contributed by atoms with Gasteiger partial charge in [0, 0.05) is 25.3 Å². The number of anilines is 1. The lowest BCUT2D eigenvalue weighted by Gasteiger charge is -2.11. The van der Waals surface area contributed by atoms with Crippen LogP contribution < -0.4 is 5.32 Å². The number of nitrogens with one attached hydrogen (secondary N) is 1. The van der Waals surface area contributed by atoms with Crippen molar-refractivity contribution in [1.82, 2.24) is 4.31 Å². The number of ether oxygens (including phenoxy) is 1. The van der Waals surface area contributed by atoms with E-state index in [-0.39, 0.29) is 22.3 Å². The molecular weight excluding hydrogens is 396 g/mol. The second kappa shape index (κ2) is 7.76. The molecule has 1 aliphatic heterocycles. The van der Waals surface area contributed by atoms with E-state index < -0.39 is 28.4 Å². The Bertz CT molecular complexity index is 1090. The number of amides is 1. The molecule has 29 heavy (non-hydrogen) atoms. The van der Waals surface area contributed by atoms with Crippen LogP contribution in [0.5, 0.6) is 0 Å². The number of benzene rings is 2. The van der Waals surface area contributed by atoms with Gasteiger partial charge in [0.1, 0.15) is 0 Å². The van der Waals surface area contributed by atoms with Gasteiger partial charge < -0.3 is 10.1 Å². The second-order valence-electron chi connectivity index (χ2n) is 6.82. The highest BCUT2D eigenvalue weighted by molar-refractivity contribution is 7.89. The van der Waals surface area contributed by atoms with Crippen molar-refractivity contribution in [3.63, 3.8) is 0 Å². The summed E-state index contributed by atoms with van der Waals surface area (Å²) in [5, 5.41) is 2.73. The zero-order valence-electron chi connectivity index (χ0n) is 16.1. The van der Waals surface area contributed by atoms with Gasteiger partial charge in [-0.2, -0.15) is 0 Å². The Labute approximate surface area is 168 Å². The Hall–Kier alpha value is -3.04. The summed E-state index contributed by atoms with van der Waals surface area (Å²) in [5.41, 5.74) is 1.87. The molecule has 152 valence electrons. The second-order valence-corrected chi connectivity index (χ2v) is 8.98. The largest absolute Gasteiger partial charge is 0.454 e. The van der Waals surface area contributed by atoms with Gasteiger partial charge in [-0.3, -0.25) is 9.59 Å². The standard InChI is InChI=1S/C20H20N2O6S/c1-12-16-10-14(6-9-17(16)21-19(12)24)18(23)11-28-20(25)13-4-7-15(8-5-13)29(26,27)22(2)3/h4-10,12H,11H2,1-3H3,(H,21,24)/t12-/m0/s1. The Balaban J connectivity index is 1.65. The molecule has 0 radical (unpaired) electrons. The number of esters is 1. The molecule has 0 saturated heterocycles. The van der Waals surface area contributed by atoms with E-state index in [9.17, 15) is 22.8 Å². The summed E-state index contributed by atoms with van der Waals surface area (Å²) in [4.78, 5) is 36.3. The lowest BCUT2D eigenvalue weighted by Crippen LogP contribution is -2.22. The molecule has 2 aromatic rings. The van der Waals surface area contributed by atoms with Gasteiger partial charge in [0.05, 0.1) is 16.4 Å². The van der Waals surface area contributed by atoms with E-state index in [0.717, 1.165) is 9.87 Å². The number of sulfonamides is 1. The number of ketones is 1. The SMILES string of the molecule is C[C@@H]1C(=O)Nc2ccc(C(=O)COC(=O)c3ccc(S(=O)(=O)N(C)C)cc3)cc21. The monoisotopic (exact) mass is 416 g/mol. The molecule has 2 aromatic carbocycles. The number of nitrogens with zero attached hydrogens (tertiary/aromatic N) is 1. The van der Waals surface area contributed by atoms with Crippen LogP contribution in [0.25, 0.3) is 0 Å². The number of hydrogen-bond acceptors (Lipinski definition) is 6. The highest BCUT2D eigenvalue weighted by Crippen LogP contribution is 2.32. The summed E-state index contributed by atoms with van der Waals surface area (Å²) in [6.07, 6.45) is 0. The molecule has 1 amide bonds. The fourth-order valence-electron chi connectivity index (χ4n) is 2.86. The van der Waals surface area contributed by atoms with Crippen molar-refractivity contribution in [2.24, 2.45) is 0 Å². The molecule has 3 rings (SSSR count). The first-order valence-electron chi connectivity index (χ1n) is 8.79. The van der Waals surface area contributed by atoms with Crippen LogP contribution in [-0.2, 0) is 19.6 Å². The van der Waals surface area contributed by atoms with Crippen LogP contribution in [-0.4, -0.2) is 51.1 Å². The molecule has 9 heteroatoms. The van der Waals surface area contributed by atoms with Gasteiger partial charge in [0.15, 0.2) is 12.4 Å². The van der Waals surface area contributed by atoms with Crippen LogP contribution in [0.4, 0.5) is 5.69 Å². The third-order valence-electron chi connectivity index (χ3n) is 4.69. The predicted molar refractivity (Wildman–Crippen MR) is 105 cm³/mol. The molecule has 1 heterocycles. The Morgan fingerprint density at radius 1 is 1.07 bits per heavy atom. The number of carbonyl (C=O) groups is 3. The summed E-state index contributed by atoms with van der Waals surface area (Å²) in [7, 11) is -0.774. The summed E-state index contributed by atoms with van der Waals surface area (Å²) >= 11 is 0. The average molecular weight is 416 g/mol. The maximum atomic E-state index is 12.4. The molecule has 0 aliphatic carbocycles. The Morgan fingerprint density at radius 2 is 1.69 bits per heavy atom. The van der Waals surface area contributed by atoms with E-state index in [2.05, 4.69) is 5.32 Å². The van der Waals surface area contributed by atoms with Crippen LogP contribution >= 0.6 is 0 Å². The highest BCUT2D eigenvalue weighted by Gasteiger charge is 2.27. The zero-order chi connectivity index (χ0) is 21.3. The summed E-state index contributed by atoms with van der Waals surface area (Å²) in [5.74, 6) is -1.62. The lowest BCUT2D eigenvalue weighted by molar-refractivity contribution is -0.116. The highest BCUT2D eigenvalue weighted by atomic mass is 32.2. The van der Waals surface area contributed by atoms with Gasteiger partial charge in [-0.05, 0) is 55.0 Å².